The first-order valence-electron chi connectivity index (χ1n) is 9.12. The van der Waals surface area contributed by atoms with Crippen LogP contribution >= 0.6 is 0 Å². The number of nitrogens with zero attached hydrogens (tertiary/aromatic N) is 1. The highest BCUT2D eigenvalue weighted by Gasteiger charge is 2.33. The van der Waals surface area contributed by atoms with E-state index < -0.39 is 26.0 Å². The fraction of sp³-hybridized carbons (Fsp3) is 0.316. The Kier molecular flexibility index (Phi) is 6.37. The Hall–Kier alpha value is -2.27. The summed E-state index contributed by atoms with van der Waals surface area (Å²) in [4.78, 5) is 12.8. The van der Waals surface area contributed by atoms with Gasteiger partial charge in [0.25, 0.3) is 0 Å². The minimum absolute atomic E-state index is 0.00150. The van der Waals surface area contributed by atoms with Gasteiger partial charge in [-0.1, -0.05) is 30.3 Å². The van der Waals surface area contributed by atoms with E-state index in [-0.39, 0.29) is 28.8 Å². The Bertz CT molecular complexity index is 1070. The largest absolute Gasteiger partial charge is 0.352 e. The molecule has 8 nitrogen and oxygen atoms in total. The van der Waals surface area contributed by atoms with Gasteiger partial charge < -0.3 is 5.32 Å². The van der Waals surface area contributed by atoms with Crippen LogP contribution in [0.5, 0.6) is 0 Å². The topological polar surface area (TPSA) is 127 Å². The lowest BCUT2D eigenvalue weighted by atomic mass is 9.99. The average Bonchev–Trinajstić information content (AvgIpc) is 2.72. The molecule has 1 amide bonds. The van der Waals surface area contributed by atoms with Crippen molar-refractivity contribution in [3.8, 4) is 0 Å². The summed E-state index contributed by atoms with van der Waals surface area (Å²) >= 11 is 0. The standard InChI is InChI=1S/C19H23N3O5S2/c20-28(24,25)17-10-8-15(9-11-17)13-21-19(23)16-5-4-12-22(14-16)29(26,27)18-6-2-1-3-7-18/h1-3,6-11,16H,4-5,12-14H2,(H,21,23)(H2,20,24,25)/t16-/m1/s1. The van der Waals surface area contributed by atoms with Crippen LogP contribution in [0, 0.1) is 5.92 Å². The highest BCUT2D eigenvalue weighted by Crippen LogP contribution is 2.24. The van der Waals surface area contributed by atoms with Gasteiger partial charge in [-0.05, 0) is 42.7 Å². The maximum Gasteiger partial charge on any atom is 0.243 e. The molecule has 1 aliphatic rings. The van der Waals surface area contributed by atoms with Gasteiger partial charge in [-0.15, -0.1) is 0 Å². The molecule has 3 rings (SSSR count). The molecule has 1 heterocycles. The zero-order chi connectivity index (χ0) is 21.1. The number of primary sulfonamides is 1. The highest BCUT2D eigenvalue weighted by molar-refractivity contribution is 7.89. The Morgan fingerprint density at radius 3 is 2.28 bits per heavy atom. The molecule has 0 spiro atoms. The number of rotatable bonds is 6. The Balaban J connectivity index is 1.61. The van der Waals surface area contributed by atoms with Crippen molar-refractivity contribution in [1.29, 1.82) is 0 Å². The maximum atomic E-state index is 12.8. The minimum atomic E-state index is -3.76. The van der Waals surface area contributed by atoms with E-state index in [1.807, 2.05) is 0 Å². The van der Waals surface area contributed by atoms with Crippen LogP contribution in [-0.4, -0.2) is 40.1 Å². The first-order valence-corrected chi connectivity index (χ1v) is 12.1. The SMILES string of the molecule is NS(=O)(=O)c1ccc(CNC(=O)[C@@H]2CCCN(S(=O)(=O)c3ccccc3)C2)cc1. The maximum absolute atomic E-state index is 12.8. The summed E-state index contributed by atoms with van der Waals surface area (Å²) in [6, 6.07) is 14.1. The van der Waals surface area contributed by atoms with Gasteiger partial charge in [0.05, 0.1) is 15.7 Å². The van der Waals surface area contributed by atoms with E-state index in [1.54, 1.807) is 42.5 Å². The number of sulfonamides is 2. The van der Waals surface area contributed by atoms with E-state index in [9.17, 15) is 21.6 Å². The smallest absolute Gasteiger partial charge is 0.243 e. The van der Waals surface area contributed by atoms with Gasteiger partial charge in [0.2, 0.25) is 26.0 Å². The highest BCUT2D eigenvalue weighted by atomic mass is 32.2. The van der Waals surface area contributed by atoms with Crippen molar-refractivity contribution in [2.45, 2.75) is 29.2 Å². The lowest BCUT2D eigenvalue weighted by molar-refractivity contribution is -0.126. The van der Waals surface area contributed by atoms with E-state index in [1.165, 1.54) is 16.4 Å². The number of nitrogens with two attached hydrogens (primary N) is 1. The van der Waals surface area contributed by atoms with Crippen molar-refractivity contribution >= 4 is 26.0 Å². The van der Waals surface area contributed by atoms with E-state index in [2.05, 4.69) is 5.32 Å². The first kappa shape index (κ1) is 21.4. The van der Waals surface area contributed by atoms with Crippen LogP contribution in [0.2, 0.25) is 0 Å². The third kappa shape index (κ3) is 5.21. The molecule has 2 aromatic carbocycles. The van der Waals surface area contributed by atoms with Crippen molar-refractivity contribution in [3.05, 3.63) is 60.2 Å². The number of hydrogen-bond donors (Lipinski definition) is 2. The second-order valence-electron chi connectivity index (χ2n) is 6.92. The molecular weight excluding hydrogens is 414 g/mol. The van der Waals surface area contributed by atoms with Gasteiger partial charge in [0.15, 0.2) is 0 Å². The molecule has 3 N–H and O–H groups in total. The number of benzene rings is 2. The summed E-state index contributed by atoms with van der Waals surface area (Å²) in [5.74, 6) is -0.667. The van der Waals surface area contributed by atoms with Gasteiger partial charge in [-0.2, -0.15) is 4.31 Å². The average molecular weight is 438 g/mol. The van der Waals surface area contributed by atoms with Gasteiger partial charge in [0.1, 0.15) is 0 Å². The second kappa shape index (κ2) is 8.62. The monoisotopic (exact) mass is 437 g/mol. The first-order chi connectivity index (χ1) is 13.7. The summed E-state index contributed by atoms with van der Waals surface area (Å²) < 4.78 is 49.5. The number of carbonyl (C=O) groups is 1. The molecule has 10 heteroatoms. The molecular formula is C19H23N3O5S2. The van der Waals surface area contributed by atoms with Crippen molar-refractivity contribution < 1.29 is 21.6 Å². The molecule has 29 heavy (non-hydrogen) atoms. The summed E-state index contributed by atoms with van der Waals surface area (Å²) in [5.41, 5.74) is 0.718. The molecule has 1 fully saturated rings. The molecule has 1 atom stereocenters. The molecule has 1 aliphatic heterocycles. The van der Waals surface area contributed by atoms with E-state index in [0.717, 1.165) is 5.56 Å². The van der Waals surface area contributed by atoms with Crippen LogP contribution in [0.25, 0.3) is 0 Å². The summed E-state index contributed by atoms with van der Waals surface area (Å²) in [6.45, 7) is 0.731. The van der Waals surface area contributed by atoms with Crippen molar-refractivity contribution in [3.63, 3.8) is 0 Å². The van der Waals surface area contributed by atoms with E-state index in [4.69, 9.17) is 5.14 Å². The molecule has 0 aromatic heterocycles. The predicted molar refractivity (Wildman–Crippen MR) is 108 cm³/mol. The van der Waals surface area contributed by atoms with Crippen LogP contribution in [0.4, 0.5) is 0 Å². The summed E-state index contributed by atoms with van der Waals surface area (Å²) in [5, 5.41) is 7.86. The molecule has 0 radical (unpaired) electrons. The molecule has 2 aromatic rings. The van der Waals surface area contributed by atoms with E-state index in [0.29, 0.717) is 19.4 Å². The molecule has 0 bridgehead atoms. The lowest BCUT2D eigenvalue weighted by Crippen LogP contribution is -2.45. The lowest BCUT2D eigenvalue weighted by Gasteiger charge is -2.31. The number of carbonyl (C=O) groups excluding carboxylic acids is 1. The van der Waals surface area contributed by atoms with Crippen molar-refractivity contribution in [1.82, 2.24) is 9.62 Å². The minimum Gasteiger partial charge on any atom is -0.352 e. The Morgan fingerprint density at radius 2 is 1.66 bits per heavy atom. The van der Waals surface area contributed by atoms with E-state index >= 15 is 0 Å². The number of nitrogens with one attached hydrogen (secondary N) is 1. The van der Waals surface area contributed by atoms with Gasteiger partial charge in [-0.3, -0.25) is 4.79 Å². The Morgan fingerprint density at radius 1 is 1.00 bits per heavy atom. The third-order valence-corrected chi connectivity index (χ3v) is 7.66. The zero-order valence-electron chi connectivity index (χ0n) is 15.7. The fourth-order valence-corrected chi connectivity index (χ4v) is 5.31. The Labute approximate surface area is 170 Å². The number of amides is 1. The van der Waals surface area contributed by atoms with Crippen LogP contribution in [0.15, 0.2) is 64.4 Å². The molecule has 156 valence electrons. The predicted octanol–water partition coefficient (Wildman–Crippen LogP) is 1.05. The molecule has 0 unspecified atom stereocenters. The van der Waals surface area contributed by atoms with Crippen LogP contribution in [0.3, 0.4) is 0 Å². The van der Waals surface area contributed by atoms with Crippen molar-refractivity contribution in [2.24, 2.45) is 11.1 Å². The quantitative estimate of drug-likeness (QED) is 0.698. The number of hydrogen-bond acceptors (Lipinski definition) is 5. The zero-order valence-corrected chi connectivity index (χ0v) is 17.3. The normalized spacial score (nSPS) is 18.3. The molecule has 0 saturated carbocycles. The fourth-order valence-electron chi connectivity index (χ4n) is 3.25. The summed E-state index contributed by atoms with van der Waals surface area (Å²) in [7, 11) is -7.39. The van der Waals surface area contributed by atoms with Crippen LogP contribution in [-0.2, 0) is 31.4 Å². The molecule has 1 saturated heterocycles. The van der Waals surface area contributed by atoms with Crippen LogP contribution in [0.1, 0.15) is 18.4 Å². The van der Waals surface area contributed by atoms with Gasteiger partial charge >= 0.3 is 0 Å². The van der Waals surface area contributed by atoms with Crippen LogP contribution < -0.4 is 10.5 Å². The number of piperidine rings is 1. The van der Waals surface area contributed by atoms with Gasteiger partial charge in [-0.25, -0.2) is 22.0 Å². The van der Waals surface area contributed by atoms with Crippen molar-refractivity contribution in [2.75, 3.05) is 13.1 Å². The summed E-state index contributed by atoms with van der Waals surface area (Å²) in [6.07, 6.45) is 1.21. The molecule has 0 aliphatic carbocycles. The second-order valence-corrected chi connectivity index (χ2v) is 10.4. The van der Waals surface area contributed by atoms with Gasteiger partial charge in [0, 0.05) is 19.6 Å². The third-order valence-electron chi connectivity index (χ3n) is 4.85.